The van der Waals surface area contributed by atoms with E-state index >= 15 is 0 Å². The van der Waals surface area contributed by atoms with Gasteiger partial charge < -0.3 is 14.6 Å². The molecule has 2 heterocycles. The summed E-state index contributed by atoms with van der Waals surface area (Å²) in [5.41, 5.74) is 5.25. The van der Waals surface area contributed by atoms with Gasteiger partial charge in [0.15, 0.2) is 0 Å². The molecular weight excluding hydrogens is 340 g/mol. The first-order chi connectivity index (χ1) is 13.0. The summed E-state index contributed by atoms with van der Waals surface area (Å²) < 4.78 is 5.85. The van der Waals surface area contributed by atoms with Gasteiger partial charge in [0.1, 0.15) is 6.04 Å². The predicted molar refractivity (Wildman–Crippen MR) is 105 cm³/mol. The van der Waals surface area contributed by atoms with Crippen molar-refractivity contribution < 1.29 is 9.21 Å². The molecule has 0 saturated carbocycles. The fourth-order valence-electron chi connectivity index (χ4n) is 3.35. The van der Waals surface area contributed by atoms with Gasteiger partial charge in [-0.2, -0.15) is 0 Å². The van der Waals surface area contributed by atoms with E-state index in [0.717, 1.165) is 29.9 Å². The monoisotopic (exact) mass is 362 g/mol. The van der Waals surface area contributed by atoms with Gasteiger partial charge in [-0.15, -0.1) is 10.2 Å². The van der Waals surface area contributed by atoms with Crippen LogP contribution in [0.15, 0.2) is 46.9 Å². The third kappa shape index (κ3) is 3.43. The molecule has 0 radical (unpaired) electrons. The molecule has 0 saturated heterocycles. The molecule has 0 fully saturated rings. The Kier molecular flexibility index (Phi) is 4.39. The van der Waals surface area contributed by atoms with Gasteiger partial charge in [0, 0.05) is 30.4 Å². The highest BCUT2D eigenvalue weighted by atomic mass is 16.4. The topological polar surface area (TPSA) is 71.3 Å². The highest BCUT2D eigenvalue weighted by Crippen LogP contribution is 2.32. The molecular formula is C21H22N4O2. The van der Waals surface area contributed by atoms with Crippen LogP contribution in [-0.4, -0.2) is 22.6 Å². The quantitative estimate of drug-likeness (QED) is 0.756. The molecule has 1 atom stereocenters. The summed E-state index contributed by atoms with van der Waals surface area (Å²) in [7, 11) is 0. The average molecular weight is 362 g/mol. The Morgan fingerprint density at radius 1 is 1.19 bits per heavy atom. The number of aromatic nitrogens is 2. The van der Waals surface area contributed by atoms with E-state index in [1.54, 1.807) is 6.92 Å². The maximum Gasteiger partial charge on any atom is 0.247 e. The molecule has 1 N–H and O–H groups in total. The van der Waals surface area contributed by atoms with Crippen molar-refractivity contribution in [1.29, 1.82) is 0 Å². The van der Waals surface area contributed by atoms with E-state index in [0.29, 0.717) is 11.8 Å². The number of anilines is 2. The van der Waals surface area contributed by atoms with Crippen LogP contribution >= 0.6 is 0 Å². The Morgan fingerprint density at radius 3 is 2.70 bits per heavy atom. The Bertz CT molecular complexity index is 978. The van der Waals surface area contributed by atoms with Crippen molar-refractivity contribution in [2.75, 3.05) is 16.8 Å². The molecule has 1 aliphatic heterocycles. The van der Waals surface area contributed by atoms with Crippen LogP contribution < -0.4 is 10.2 Å². The van der Waals surface area contributed by atoms with E-state index in [1.807, 2.05) is 55.1 Å². The lowest BCUT2D eigenvalue weighted by atomic mass is 10.1. The van der Waals surface area contributed by atoms with Crippen LogP contribution in [-0.2, 0) is 11.2 Å². The standard InChI is InChI=1S/C21H22N4O2/c1-13-4-6-16(7-5-13)21-24-23-20(27-21)14(2)22-18-8-9-19-17(12-18)10-11-25(19)15(3)26/h4-9,12,14,22H,10-11H2,1-3H3. The first-order valence-corrected chi connectivity index (χ1v) is 9.09. The summed E-state index contributed by atoms with van der Waals surface area (Å²) in [6.07, 6.45) is 0.872. The molecule has 1 unspecified atom stereocenters. The lowest BCUT2D eigenvalue weighted by Crippen LogP contribution is -2.25. The molecule has 2 aromatic carbocycles. The van der Waals surface area contributed by atoms with Crippen LogP contribution in [0.1, 0.15) is 36.9 Å². The van der Waals surface area contributed by atoms with Crippen LogP contribution in [0, 0.1) is 6.92 Å². The minimum atomic E-state index is -0.125. The second-order valence-electron chi connectivity index (χ2n) is 6.94. The van der Waals surface area contributed by atoms with E-state index in [9.17, 15) is 4.79 Å². The third-order valence-corrected chi connectivity index (χ3v) is 4.85. The number of carbonyl (C=O) groups excluding carboxylic acids is 1. The Morgan fingerprint density at radius 2 is 1.96 bits per heavy atom. The molecule has 0 aliphatic carbocycles. The van der Waals surface area contributed by atoms with Crippen molar-refractivity contribution in [2.45, 2.75) is 33.2 Å². The van der Waals surface area contributed by atoms with Crippen molar-refractivity contribution in [3.05, 3.63) is 59.5 Å². The number of nitrogens with one attached hydrogen (secondary N) is 1. The number of fused-ring (bicyclic) bond motifs is 1. The number of rotatable bonds is 4. The van der Waals surface area contributed by atoms with Gasteiger partial charge in [-0.25, -0.2) is 0 Å². The van der Waals surface area contributed by atoms with Crippen molar-refractivity contribution in [3.63, 3.8) is 0 Å². The van der Waals surface area contributed by atoms with Gasteiger partial charge in [-0.1, -0.05) is 17.7 Å². The zero-order valence-electron chi connectivity index (χ0n) is 15.7. The van der Waals surface area contributed by atoms with Gasteiger partial charge in [-0.3, -0.25) is 4.79 Å². The maximum absolute atomic E-state index is 11.7. The zero-order valence-corrected chi connectivity index (χ0v) is 15.7. The SMILES string of the molecule is CC(=O)N1CCc2cc(NC(C)c3nnc(-c4ccc(C)cc4)o3)ccc21. The summed E-state index contributed by atoms with van der Waals surface area (Å²) in [4.78, 5) is 13.5. The fraction of sp³-hybridized carbons (Fsp3) is 0.286. The van der Waals surface area contributed by atoms with Crippen molar-refractivity contribution in [3.8, 4) is 11.5 Å². The minimum absolute atomic E-state index is 0.0809. The third-order valence-electron chi connectivity index (χ3n) is 4.85. The van der Waals surface area contributed by atoms with E-state index in [4.69, 9.17) is 4.42 Å². The number of hydrogen-bond donors (Lipinski definition) is 1. The maximum atomic E-state index is 11.7. The van der Waals surface area contributed by atoms with Gasteiger partial charge >= 0.3 is 0 Å². The van der Waals surface area contributed by atoms with E-state index in [1.165, 1.54) is 11.1 Å². The lowest BCUT2D eigenvalue weighted by molar-refractivity contribution is -0.116. The molecule has 3 aromatic rings. The van der Waals surface area contributed by atoms with Crippen LogP contribution in [0.2, 0.25) is 0 Å². The second kappa shape index (κ2) is 6.87. The second-order valence-corrected chi connectivity index (χ2v) is 6.94. The molecule has 4 rings (SSSR count). The van der Waals surface area contributed by atoms with Gasteiger partial charge in [-0.05, 0) is 56.2 Å². The summed E-state index contributed by atoms with van der Waals surface area (Å²) in [6, 6.07) is 13.9. The molecule has 6 heteroatoms. The van der Waals surface area contributed by atoms with Crippen LogP contribution in [0.5, 0.6) is 0 Å². The number of benzene rings is 2. The highest BCUT2D eigenvalue weighted by molar-refractivity contribution is 5.94. The number of amides is 1. The van der Waals surface area contributed by atoms with Gasteiger partial charge in [0.05, 0.1) is 0 Å². The van der Waals surface area contributed by atoms with E-state index in [2.05, 4.69) is 21.6 Å². The average Bonchev–Trinajstić information content (AvgIpc) is 3.29. The largest absolute Gasteiger partial charge is 0.418 e. The van der Waals surface area contributed by atoms with Crippen LogP contribution in [0.3, 0.4) is 0 Å². The van der Waals surface area contributed by atoms with Crippen molar-refractivity contribution in [2.24, 2.45) is 0 Å². The minimum Gasteiger partial charge on any atom is -0.418 e. The van der Waals surface area contributed by atoms with E-state index in [-0.39, 0.29) is 11.9 Å². The predicted octanol–water partition coefficient (Wildman–Crippen LogP) is 4.13. The molecule has 138 valence electrons. The number of aryl methyl sites for hydroxylation is 1. The molecule has 6 nitrogen and oxygen atoms in total. The smallest absolute Gasteiger partial charge is 0.247 e. The molecule has 0 spiro atoms. The van der Waals surface area contributed by atoms with Gasteiger partial charge in [0.25, 0.3) is 0 Å². The van der Waals surface area contributed by atoms with Gasteiger partial charge in [0.2, 0.25) is 17.7 Å². The zero-order chi connectivity index (χ0) is 19.0. The summed E-state index contributed by atoms with van der Waals surface area (Å²) in [6.45, 7) is 6.38. The van der Waals surface area contributed by atoms with Crippen molar-refractivity contribution >= 4 is 17.3 Å². The number of nitrogens with zero attached hydrogens (tertiary/aromatic N) is 3. The number of hydrogen-bond acceptors (Lipinski definition) is 5. The summed E-state index contributed by atoms with van der Waals surface area (Å²) >= 11 is 0. The molecule has 0 bridgehead atoms. The fourth-order valence-corrected chi connectivity index (χ4v) is 3.35. The first kappa shape index (κ1) is 17.3. The molecule has 1 amide bonds. The van der Waals surface area contributed by atoms with Crippen molar-refractivity contribution in [1.82, 2.24) is 10.2 Å². The van der Waals surface area contributed by atoms with E-state index < -0.39 is 0 Å². The Balaban J connectivity index is 1.49. The Labute approximate surface area is 158 Å². The van der Waals surface area contributed by atoms with Crippen LogP contribution in [0.25, 0.3) is 11.5 Å². The van der Waals surface area contributed by atoms with Crippen LogP contribution in [0.4, 0.5) is 11.4 Å². The number of carbonyl (C=O) groups is 1. The first-order valence-electron chi connectivity index (χ1n) is 9.09. The summed E-state index contributed by atoms with van der Waals surface area (Å²) in [5.74, 6) is 1.14. The molecule has 27 heavy (non-hydrogen) atoms. The highest BCUT2D eigenvalue weighted by Gasteiger charge is 2.23. The molecule has 1 aliphatic rings. The molecule has 1 aromatic heterocycles. The Hall–Kier alpha value is -3.15. The summed E-state index contributed by atoms with van der Waals surface area (Å²) in [5, 5.41) is 11.8. The normalized spacial score (nSPS) is 14.1. The lowest BCUT2D eigenvalue weighted by Gasteiger charge is -2.16.